The van der Waals surface area contributed by atoms with E-state index >= 15 is 0 Å². The van der Waals surface area contributed by atoms with Gasteiger partial charge in [0.25, 0.3) is 0 Å². The molecule has 0 saturated heterocycles. The van der Waals surface area contributed by atoms with Crippen molar-refractivity contribution in [3.8, 4) is 0 Å². The maximum Gasteiger partial charge on any atom is 0.160 e. The average Bonchev–Trinajstić information content (AvgIpc) is 2.89. The first-order chi connectivity index (χ1) is 9.34. The molecule has 0 aliphatic heterocycles. The van der Waals surface area contributed by atoms with Crippen LogP contribution in [0.2, 0.25) is 0 Å². The molecule has 1 fully saturated rings. The van der Waals surface area contributed by atoms with Gasteiger partial charge in [0.05, 0.1) is 6.54 Å². The van der Waals surface area contributed by atoms with Crippen LogP contribution in [-0.2, 0) is 6.54 Å². The summed E-state index contributed by atoms with van der Waals surface area (Å²) in [5.74, 6) is 1.83. The van der Waals surface area contributed by atoms with Crippen LogP contribution in [0.5, 0.6) is 0 Å². The first-order valence-corrected chi connectivity index (χ1v) is 7.36. The lowest BCUT2D eigenvalue weighted by Crippen LogP contribution is -2.34. The highest BCUT2D eigenvalue weighted by atomic mass is 15.3. The van der Waals surface area contributed by atoms with Crippen LogP contribution in [0.3, 0.4) is 0 Å². The summed E-state index contributed by atoms with van der Waals surface area (Å²) in [5.41, 5.74) is 0.921. The van der Waals surface area contributed by atoms with Gasteiger partial charge in [-0.05, 0) is 37.8 Å². The molecule has 4 nitrogen and oxygen atoms in total. The molecule has 3 rings (SSSR count). The lowest BCUT2D eigenvalue weighted by atomic mass is 9.84. The molecule has 1 atom stereocenters. The molecule has 4 heteroatoms. The second-order valence-corrected chi connectivity index (χ2v) is 5.61. The van der Waals surface area contributed by atoms with E-state index in [1.54, 1.807) is 0 Å². The van der Waals surface area contributed by atoms with E-state index in [0.717, 1.165) is 23.9 Å². The zero-order valence-corrected chi connectivity index (χ0v) is 11.5. The standard InChI is InChI=1S/C15H22N4/c1-12(13-7-3-2-4-8-13)16-11-15-18-17-14-9-5-6-10-19(14)15/h5-6,9-10,12-13,16H,2-4,7-8,11H2,1H3. The van der Waals surface area contributed by atoms with Crippen molar-refractivity contribution >= 4 is 5.65 Å². The van der Waals surface area contributed by atoms with Crippen LogP contribution in [0, 0.1) is 5.92 Å². The molecule has 102 valence electrons. The van der Waals surface area contributed by atoms with Crippen molar-refractivity contribution in [1.82, 2.24) is 19.9 Å². The Bertz CT molecular complexity index is 528. The Morgan fingerprint density at radius 1 is 1.26 bits per heavy atom. The molecule has 1 aliphatic rings. The van der Waals surface area contributed by atoms with Gasteiger partial charge in [-0.15, -0.1) is 10.2 Å². The van der Waals surface area contributed by atoms with E-state index in [-0.39, 0.29) is 0 Å². The third-order valence-electron chi connectivity index (χ3n) is 4.32. The van der Waals surface area contributed by atoms with Crippen LogP contribution in [0.15, 0.2) is 24.4 Å². The van der Waals surface area contributed by atoms with E-state index in [0.29, 0.717) is 6.04 Å². The van der Waals surface area contributed by atoms with Crippen molar-refractivity contribution in [2.24, 2.45) is 5.92 Å². The van der Waals surface area contributed by atoms with Crippen molar-refractivity contribution in [3.05, 3.63) is 30.2 Å². The smallest absolute Gasteiger partial charge is 0.160 e. The van der Waals surface area contributed by atoms with Gasteiger partial charge in [-0.25, -0.2) is 0 Å². The van der Waals surface area contributed by atoms with Crippen LogP contribution in [0.4, 0.5) is 0 Å². The molecule has 1 aliphatic carbocycles. The van der Waals surface area contributed by atoms with E-state index in [2.05, 4.69) is 26.8 Å². The van der Waals surface area contributed by atoms with Crippen LogP contribution in [0.25, 0.3) is 5.65 Å². The predicted octanol–water partition coefficient (Wildman–Crippen LogP) is 2.79. The number of hydrogen-bond donors (Lipinski definition) is 1. The van der Waals surface area contributed by atoms with Gasteiger partial charge in [0.2, 0.25) is 0 Å². The number of pyridine rings is 1. The lowest BCUT2D eigenvalue weighted by molar-refractivity contribution is 0.279. The average molecular weight is 258 g/mol. The van der Waals surface area contributed by atoms with Gasteiger partial charge < -0.3 is 5.32 Å². The highest BCUT2D eigenvalue weighted by Crippen LogP contribution is 2.26. The summed E-state index contributed by atoms with van der Waals surface area (Å²) in [5, 5.41) is 12.1. The van der Waals surface area contributed by atoms with Gasteiger partial charge in [0.1, 0.15) is 0 Å². The van der Waals surface area contributed by atoms with Gasteiger partial charge in [0, 0.05) is 12.2 Å². The molecule has 0 bridgehead atoms. The Kier molecular flexibility index (Phi) is 3.78. The molecular formula is C15H22N4. The minimum atomic E-state index is 0.566. The summed E-state index contributed by atoms with van der Waals surface area (Å²) < 4.78 is 2.06. The summed E-state index contributed by atoms with van der Waals surface area (Å²) in [4.78, 5) is 0. The molecule has 2 aromatic heterocycles. The zero-order valence-electron chi connectivity index (χ0n) is 11.5. The van der Waals surface area contributed by atoms with Gasteiger partial charge in [-0.1, -0.05) is 25.3 Å². The normalized spacial score (nSPS) is 18.8. The topological polar surface area (TPSA) is 42.2 Å². The van der Waals surface area contributed by atoms with Crippen molar-refractivity contribution in [3.63, 3.8) is 0 Å². The van der Waals surface area contributed by atoms with Crippen LogP contribution in [0.1, 0.15) is 44.9 Å². The fourth-order valence-electron chi connectivity index (χ4n) is 3.06. The third-order valence-corrected chi connectivity index (χ3v) is 4.32. The molecule has 0 aromatic carbocycles. The molecule has 1 unspecified atom stereocenters. The Morgan fingerprint density at radius 3 is 2.95 bits per heavy atom. The number of fused-ring (bicyclic) bond motifs is 1. The Labute approximate surface area is 114 Å². The maximum absolute atomic E-state index is 4.26. The van der Waals surface area contributed by atoms with E-state index in [9.17, 15) is 0 Å². The van der Waals surface area contributed by atoms with Gasteiger partial charge in [-0.2, -0.15) is 0 Å². The number of nitrogens with one attached hydrogen (secondary N) is 1. The fraction of sp³-hybridized carbons (Fsp3) is 0.600. The number of aromatic nitrogens is 3. The minimum Gasteiger partial charge on any atom is -0.307 e. The molecule has 0 spiro atoms. The van der Waals surface area contributed by atoms with Crippen molar-refractivity contribution < 1.29 is 0 Å². The monoisotopic (exact) mass is 258 g/mol. The molecule has 0 radical (unpaired) electrons. The summed E-state index contributed by atoms with van der Waals surface area (Å²) in [6, 6.07) is 6.56. The van der Waals surface area contributed by atoms with E-state index in [1.165, 1.54) is 32.1 Å². The highest BCUT2D eigenvalue weighted by Gasteiger charge is 2.19. The molecule has 19 heavy (non-hydrogen) atoms. The predicted molar refractivity (Wildman–Crippen MR) is 75.9 cm³/mol. The third kappa shape index (κ3) is 2.78. The van der Waals surface area contributed by atoms with E-state index in [4.69, 9.17) is 0 Å². The van der Waals surface area contributed by atoms with Crippen LogP contribution in [-0.4, -0.2) is 20.6 Å². The number of nitrogens with zero attached hydrogens (tertiary/aromatic N) is 3. The number of hydrogen-bond acceptors (Lipinski definition) is 3. The highest BCUT2D eigenvalue weighted by molar-refractivity contribution is 5.36. The summed E-state index contributed by atoms with van der Waals surface area (Å²) in [7, 11) is 0. The Morgan fingerprint density at radius 2 is 2.11 bits per heavy atom. The first-order valence-electron chi connectivity index (χ1n) is 7.36. The van der Waals surface area contributed by atoms with E-state index in [1.807, 2.05) is 24.4 Å². The quantitative estimate of drug-likeness (QED) is 0.917. The molecule has 2 heterocycles. The molecule has 2 aromatic rings. The summed E-state index contributed by atoms with van der Waals surface area (Å²) >= 11 is 0. The summed E-state index contributed by atoms with van der Waals surface area (Å²) in [6.45, 7) is 3.10. The molecular weight excluding hydrogens is 236 g/mol. The van der Waals surface area contributed by atoms with Crippen LogP contribution >= 0.6 is 0 Å². The Hall–Kier alpha value is -1.42. The van der Waals surface area contributed by atoms with Crippen molar-refractivity contribution in [2.75, 3.05) is 0 Å². The van der Waals surface area contributed by atoms with Gasteiger partial charge in [0.15, 0.2) is 11.5 Å². The second-order valence-electron chi connectivity index (χ2n) is 5.61. The summed E-state index contributed by atoms with van der Waals surface area (Å²) in [6.07, 6.45) is 8.97. The van der Waals surface area contributed by atoms with E-state index < -0.39 is 0 Å². The SMILES string of the molecule is CC(NCc1nnc2ccccn12)C1CCCCC1. The first kappa shape index (κ1) is 12.6. The largest absolute Gasteiger partial charge is 0.307 e. The number of rotatable bonds is 4. The van der Waals surface area contributed by atoms with Crippen molar-refractivity contribution in [1.29, 1.82) is 0 Å². The van der Waals surface area contributed by atoms with Gasteiger partial charge >= 0.3 is 0 Å². The van der Waals surface area contributed by atoms with Gasteiger partial charge in [-0.3, -0.25) is 4.40 Å². The van der Waals surface area contributed by atoms with Crippen molar-refractivity contribution in [2.45, 2.75) is 51.6 Å². The Balaban J connectivity index is 1.62. The molecule has 1 saturated carbocycles. The molecule has 1 N–H and O–H groups in total. The molecule has 0 amide bonds. The second kappa shape index (κ2) is 5.70. The van der Waals surface area contributed by atoms with Crippen LogP contribution < -0.4 is 5.32 Å². The zero-order chi connectivity index (χ0) is 13.1. The fourth-order valence-corrected chi connectivity index (χ4v) is 3.06. The minimum absolute atomic E-state index is 0.566. The lowest BCUT2D eigenvalue weighted by Gasteiger charge is -2.28. The maximum atomic E-state index is 4.26.